The van der Waals surface area contributed by atoms with Gasteiger partial charge in [-0.2, -0.15) is 5.26 Å². The molecule has 0 atom stereocenters. The van der Waals surface area contributed by atoms with Crippen molar-refractivity contribution in [2.75, 3.05) is 17.9 Å². The number of carbonyl (C=O) groups excluding carboxylic acids is 2. The molecule has 1 aromatic heterocycles. The first-order valence-corrected chi connectivity index (χ1v) is 9.55. The summed E-state index contributed by atoms with van der Waals surface area (Å²) in [6.07, 6.45) is 1.51. The quantitative estimate of drug-likeness (QED) is 0.470. The van der Waals surface area contributed by atoms with Gasteiger partial charge < -0.3 is 10.1 Å². The highest BCUT2D eigenvalue weighted by Crippen LogP contribution is 2.19. The fraction of sp³-hybridized carbons (Fsp3) is 0.125. The molecule has 7 nitrogen and oxygen atoms in total. The number of methoxy groups -OCH3 is 1. The molecular weight excluding hydrogens is 392 g/mol. The summed E-state index contributed by atoms with van der Waals surface area (Å²) in [5, 5.41) is 12.2. The van der Waals surface area contributed by atoms with E-state index in [1.54, 1.807) is 73.3 Å². The second-order valence-corrected chi connectivity index (χ2v) is 6.82. The van der Waals surface area contributed by atoms with E-state index in [9.17, 15) is 14.9 Å². The zero-order valence-electron chi connectivity index (χ0n) is 17.5. The molecule has 0 aliphatic heterocycles. The molecule has 3 rings (SSSR count). The van der Waals surface area contributed by atoms with Crippen molar-refractivity contribution in [2.24, 2.45) is 0 Å². The second-order valence-electron chi connectivity index (χ2n) is 6.82. The van der Waals surface area contributed by atoms with E-state index in [4.69, 9.17) is 4.74 Å². The van der Waals surface area contributed by atoms with Crippen LogP contribution in [0.15, 0.2) is 66.2 Å². The first kappa shape index (κ1) is 21.4. The van der Waals surface area contributed by atoms with Gasteiger partial charge in [0.25, 0.3) is 11.8 Å². The number of nitrogens with one attached hydrogen (secondary N) is 2. The van der Waals surface area contributed by atoms with Crippen LogP contribution in [0.3, 0.4) is 0 Å². The lowest BCUT2D eigenvalue weighted by Gasteiger charge is -2.11. The Kier molecular flexibility index (Phi) is 6.53. The van der Waals surface area contributed by atoms with Crippen molar-refractivity contribution in [3.8, 4) is 11.8 Å². The SMILES string of the molecule is COc1ccc(NC(=O)/C(C#N)=C\c2cc(C)n(NC(=O)c3ccccc3)c2C)cc1. The summed E-state index contributed by atoms with van der Waals surface area (Å²) in [6.45, 7) is 3.64. The van der Waals surface area contributed by atoms with Crippen molar-refractivity contribution in [1.82, 2.24) is 4.68 Å². The summed E-state index contributed by atoms with van der Waals surface area (Å²) in [5.74, 6) is -0.111. The third kappa shape index (κ3) is 5.00. The first-order valence-electron chi connectivity index (χ1n) is 9.55. The fourth-order valence-electron chi connectivity index (χ4n) is 3.04. The standard InChI is InChI=1S/C24H22N4O3/c1-16-13-19(17(2)28(16)27-24(30)18-7-5-4-6-8-18)14-20(15-25)23(29)26-21-9-11-22(31-3)12-10-21/h4-14H,1-3H3,(H,26,29)(H,27,30)/b20-14-. The minimum Gasteiger partial charge on any atom is -0.497 e. The average Bonchev–Trinajstić information content (AvgIpc) is 3.05. The Morgan fingerprint density at radius 3 is 2.35 bits per heavy atom. The number of nitriles is 1. The molecule has 0 aliphatic carbocycles. The zero-order chi connectivity index (χ0) is 22.4. The third-order valence-electron chi connectivity index (χ3n) is 4.73. The van der Waals surface area contributed by atoms with Gasteiger partial charge >= 0.3 is 0 Å². The number of benzene rings is 2. The Morgan fingerprint density at radius 2 is 1.74 bits per heavy atom. The van der Waals surface area contributed by atoms with E-state index >= 15 is 0 Å². The summed E-state index contributed by atoms with van der Waals surface area (Å²) in [4.78, 5) is 25.0. The van der Waals surface area contributed by atoms with Gasteiger partial charge in [0.2, 0.25) is 0 Å². The number of hydrogen-bond acceptors (Lipinski definition) is 4. The van der Waals surface area contributed by atoms with Gasteiger partial charge in [0.1, 0.15) is 17.4 Å². The molecule has 0 fully saturated rings. The van der Waals surface area contributed by atoms with Crippen LogP contribution >= 0.6 is 0 Å². The van der Waals surface area contributed by atoms with Gasteiger partial charge in [0.15, 0.2) is 0 Å². The number of anilines is 1. The molecule has 2 aromatic carbocycles. The molecule has 3 aromatic rings. The Bertz CT molecular complexity index is 1170. The summed E-state index contributed by atoms with van der Waals surface area (Å²) >= 11 is 0. The first-order chi connectivity index (χ1) is 14.9. The molecule has 156 valence electrons. The molecule has 2 N–H and O–H groups in total. The van der Waals surface area contributed by atoms with Crippen LogP contribution in [0.5, 0.6) is 5.75 Å². The number of aryl methyl sites for hydroxylation is 1. The lowest BCUT2D eigenvalue weighted by atomic mass is 10.1. The largest absolute Gasteiger partial charge is 0.497 e. The number of rotatable bonds is 6. The van der Waals surface area contributed by atoms with E-state index in [1.807, 2.05) is 19.1 Å². The van der Waals surface area contributed by atoms with Crippen LogP contribution in [0.25, 0.3) is 6.08 Å². The molecule has 31 heavy (non-hydrogen) atoms. The summed E-state index contributed by atoms with van der Waals surface area (Å²) in [5.41, 5.74) is 5.99. The molecule has 0 radical (unpaired) electrons. The van der Waals surface area contributed by atoms with Gasteiger partial charge in [-0.1, -0.05) is 18.2 Å². The average molecular weight is 414 g/mol. The summed E-state index contributed by atoms with van der Waals surface area (Å²) in [6, 6.07) is 19.4. The molecule has 0 saturated carbocycles. The van der Waals surface area contributed by atoms with Gasteiger partial charge in [-0.3, -0.25) is 19.7 Å². The van der Waals surface area contributed by atoms with Crippen LogP contribution in [0.4, 0.5) is 5.69 Å². The second kappa shape index (κ2) is 9.46. The molecule has 0 aliphatic rings. The topological polar surface area (TPSA) is 96.2 Å². The van der Waals surface area contributed by atoms with Crippen LogP contribution in [0, 0.1) is 25.2 Å². The minimum atomic E-state index is -0.522. The molecule has 0 saturated heterocycles. The van der Waals surface area contributed by atoms with E-state index in [-0.39, 0.29) is 11.5 Å². The molecule has 0 unspecified atom stereocenters. The van der Waals surface area contributed by atoms with Crippen molar-refractivity contribution < 1.29 is 14.3 Å². The van der Waals surface area contributed by atoms with Gasteiger partial charge in [-0.25, -0.2) is 0 Å². The van der Waals surface area contributed by atoms with Gasteiger partial charge in [0, 0.05) is 22.6 Å². The monoisotopic (exact) mass is 414 g/mol. The molecule has 7 heteroatoms. The number of amides is 2. The minimum absolute atomic E-state index is 0.0505. The Hall–Kier alpha value is -4.31. The maximum Gasteiger partial charge on any atom is 0.270 e. The summed E-state index contributed by atoms with van der Waals surface area (Å²) in [7, 11) is 1.56. The van der Waals surface area contributed by atoms with Gasteiger partial charge in [-0.05, 0) is 68.0 Å². The van der Waals surface area contributed by atoms with E-state index in [0.29, 0.717) is 28.3 Å². The maximum atomic E-state index is 12.6. The normalized spacial score (nSPS) is 10.8. The van der Waals surface area contributed by atoms with Crippen LogP contribution in [0.1, 0.15) is 27.3 Å². The van der Waals surface area contributed by atoms with Crippen molar-refractivity contribution in [2.45, 2.75) is 13.8 Å². The number of nitrogens with zero attached hydrogens (tertiary/aromatic N) is 2. The van der Waals surface area contributed by atoms with Crippen LogP contribution in [-0.2, 0) is 4.79 Å². The Labute approximate surface area is 180 Å². The van der Waals surface area contributed by atoms with Crippen molar-refractivity contribution in [3.63, 3.8) is 0 Å². The van der Waals surface area contributed by atoms with Crippen molar-refractivity contribution in [3.05, 3.63) is 88.8 Å². The zero-order valence-corrected chi connectivity index (χ0v) is 17.5. The number of carbonyl (C=O) groups is 2. The summed E-state index contributed by atoms with van der Waals surface area (Å²) < 4.78 is 6.73. The highest BCUT2D eigenvalue weighted by molar-refractivity contribution is 6.09. The van der Waals surface area contributed by atoms with E-state index < -0.39 is 5.91 Å². The Balaban J connectivity index is 1.80. The van der Waals surface area contributed by atoms with E-state index in [1.165, 1.54) is 6.08 Å². The van der Waals surface area contributed by atoms with Crippen molar-refractivity contribution in [1.29, 1.82) is 5.26 Å². The van der Waals surface area contributed by atoms with Gasteiger partial charge in [-0.15, -0.1) is 0 Å². The number of ether oxygens (including phenoxy) is 1. The predicted octanol–water partition coefficient (Wildman–Crippen LogP) is 4.04. The smallest absolute Gasteiger partial charge is 0.270 e. The third-order valence-corrected chi connectivity index (χ3v) is 4.73. The molecular formula is C24H22N4O3. The highest BCUT2D eigenvalue weighted by atomic mass is 16.5. The van der Waals surface area contributed by atoms with E-state index in [2.05, 4.69) is 10.7 Å². The molecule has 0 bridgehead atoms. The van der Waals surface area contributed by atoms with Crippen LogP contribution < -0.4 is 15.5 Å². The number of aromatic nitrogens is 1. The van der Waals surface area contributed by atoms with Crippen LogP contribution in [-0.4, -0.2) is 23.6 Å². The lowest BCUT2D eigenvalue weighted by molar-refractivity contribution is -0.112. The molecule has 1 heterocycles. The molecule has 0 spiro atoms. The van der Waals surface area contributed by atoms with Crippen LogP contribution in [0.2, 0.25) is 0 Å². The van der Waals surface area contributed by atoms with Gasteiger partial charge in [0.05, 0.1) is 7.11 Å². The highest BCUT2D eigenvalue weighted by Gasteiger charge is 2.15. The van der Waals surface area contributed by atoms with Crippen molar-refractivity contribution >= 4 is 23.6 Å². The number of hydrogen-bond donors (Lipinski definition) is 2. The Morgan fingerprint density at radius 1 is 1.06 bits per heavy atom. The van der Waals surface area contributed by atoms with E-state index in [0.717, 1.165) is 5.69 Å². The predicted molar refractivity (Wildman–Crippen MR) is 119 cm³/mol. The molecule has 2 amide bonds. The maximum absolute atomic E-state index is 12.6. The fourth-order valence-corrected chi connectivity index (χ4v) is 3.04. The lowest BCUT2D eigenvalue weighted by Crippen LogP contribution is -2.24.